The first kappa shape index (κ1) is 17.2. The number of ether oxygens (including phenoxy) is 1. The molecule has 1 unspecified atom stereocenters. The Morgan fingerprint density at radius 3 is 2.80 bits per heavy atom. The zero-order valence-corrected chi connectivity index (χ0v) is 14.3. The van der Waals surface area contributed by atoms with Crippen LogP contribution in [0, 0.1) is 12.3 Å². The van der Waals surface area contributed by atoms with E-state index in [1.54, 1.807) is 21.8 Å². The van der Waals surface area contributed by atoms with Crippen LogP contribution in [-0.2, 0) is 9.53 Å². The molecule has 1 N–H and O–H groups in total. The molecule has 2 aromatic rings. The van der Waals surface area contributed by atoms with Crippen molar-refractivity contribution in [1.29, 1.82) is 0 Å². The number of likely N-dealkylation sites (tertiary alicyclic amines) is 1. The van der Waals surface area contributed by atoms with Crippen molar-refractivity contribution in [2.75, 3.05) is 26.8 Å². The van der Waals surface area contributed by atoms with E-state index >= 15 is 0 Å². The Bertz CT molecular complexity index is 788. The molecular formula is C18H21N3O4. The van der Waals surface area contributed by atoms with Gasteiger partial charge in [0.05, 0.1) is 12.3 Å². The van der Waals surface area contributed by atoms with Crippen LogP contribution in [0.25, 0.3) is 5.69 Å². The number of hydrogen-bond acceptors (Lipinski definition) is 4. The van der Waals surface area contributed by atoms with Crippen molar-refractivity contribution in [3.8, 4) is 5.69 Å². The van der Waals surface area contributed by atoms with Gasteiger partial charge in [-0.05, 0) is 43.2 Å². The number of carbonyl (C=O) groups is 2. The molecule has 0 bridgehead atoms. The fourth-order valence-corrected chi connectivity index (χ4v) is 3.32. The summed E-state index contributed by atoms with van der Waals surface area (Å²) in [6, 6.07) is 7.26. The normalized spacial score (nSPS) is 20.0. The highest BCUT2D eigenvalue weighted by Gasteiger charge is 2.46. The van der Waals surface area contributed by atoms with Gasteiger partial charge in [-0.3, -0.25) is 9.59 Å². The minimum atomic E-state index is -1.02. The lowest BCUT2D eigenvalue weighted by Crippen LogP contribution is -2.40. The highest BCUT2D eigenvalue weighted by molar-refractivity contribution is 5.95. The number of aromatic nitrogens is 2. The van der Waals surface area contributed by atoms with Gasteiger partial charge in [0.1, 0.15) is 5.41 Å². The molecule has 1 atom stereocenters. The van der Waals surface area contributed by atoms with Crippen molar-refractivity contribution in [3.63, 3.8) is 0 Å². The van der Waals surface area contributed by atoms with Crippen LogP contribution < -0.4 is 0 Å². The molecule has 7 heteroatoms. The van der Waals surface area contributed by atoms with Gasteiger partial charge in [0.25, 0.3) is 5.91 Å². The number of amides is 1. The van der Waals surface area contributed by atoms with Crippen molar-refractivity contribution < 1.29 is 19.4 Å². The monoisotopic (exact) mass is 343 g/mol. The van der Waals surface area contributed by atoms with Gasteiger partial charge < -0.3 is 14.7 Å². The Balaban J connectivity index is 1.80. The van der Waals surface area contributed by atoms with Crippen LogP contribution in [0.1, 0.15) is 22.3 Å². The van der Waals surface area contributed by atoms with Crippen molar-refractivity contribution in [3.05, 3.63) is 47.8 Å². The molecule has 1 aromatic heterocycles. The third-order valence-electron chi connectivity index (χ3n) is 4.71. The summed E-state index contributed by atoms with van der Waals surface area (Å²) in [5.74, 6) is -1.08. The average Bonchev–Trinajstić information content (AvgIpc) is 3.25. The fourth-order valence-electron chi connectivity index (χ4n) is 3.32. The Kier molecular flexibility index (Phi) is 4.59. The quantitative estimate of drug-likeness (QED) is 0.894. The molecule has 0 saturated carbocycles. The zero-order valence-electron chi connectivity index (χ0n) is 14.3. The predicted octanol–water partition coefficient (Wildman–Crippen LogP) is 1.74. The molecule has 0 spiro atoms. The van der Waals surface area contributed by atoms with Gasteiger partial charge in [0.2, 0.25) is 0 Å². The first-order valence-corrected chi connectivity index (χ1v) is 8.09. The SMILES string of the molecule is COCC1(C(=O)O)CCN(C(=O)c2ccc(-n3cccn3)c(C)c2)C1. The minimum Gasteiger partial charge on any atom is -0.481 e. The summed E-state index contributed by atoms with van der Waals surface area (Å²) in [4.78, 5) is 26.0. The molecule has 1 aromatic carbocycles. The molecule has 1 fully saturated rings. The molecule has 7 nitrogen and oxygen atoms in total. The summed E-state index contributed by atoms with van der Waals surface area (Å²) >= 11 is 0. The van der Waals surface area contributed by atoms with Gasteiger partial charge in [0.15, 0.2) is 0 Å². The van der Waals surface area contributed by atoms with Crippen molar-refractivity contribution >= 4 is 11.9 Å². The number of hydrogen-bond donors (Lipinski definition) is 1. The first-order valence-electron chi connectivity index (χ1n) is 8.09. The molecule has 3 rings (SSSR count). The van der Waals surface area contributed by atoms with Crippen molar-refractivity contribution in [2.24, 2.45) is 5.41 Å². The van der Waals surface area contributed by atoms with Crippen molar-refractivity contribution in [2.45, 2.75) is 13.3 Å². The van der Waals surface area contributed by atoms with E-state index in [2.05, 4.69) is 5.10 Å². The fraction of sp³-hybridized carbons (Fsp3) is 0.389. The summed E-state index contributed by atoms with van der Waals surface area (Å²) in [7, 11) is 1.48. The van der Waals surface area contributed by atoms with Gasteiger partial charge in [0, 0.05) is 38.2 Å². The number of benzene rings is 1. The third kappa shape index (κ3) is 3.15. The summed E-state index contributed by atoms with van der Waals surface area (Å²) in [6.45, 7) is 2.59. The van der Waals surface area contributed by atoms with E-state index < -0.39 is 11.4 Å². The van der Waals surface area contributed by atoms with Gasteiger partial charge >= 0.3 is 5.97 Å². The molecule has 1 aliphatic rings. The number of aryl methyl sites for hydroxylation is 1. The minimum absolute atomic E-state index is 0.101. The smallest absolute Gasteiger partial charge is 0.313 e. The lowest BCUT2D eigenvalue weighted by atomic mass is 9.88. The van der Waals surface area contributed by atoms with E-state index in [9.17, 15) is 14.7 Å². The molecular weight excluding hydrogens is 322 g/mol. The number of aliphatic carboxylic acids is 1. The highest BCUT2D eigenvalue weighted by atomic mass is 16.5. The third-order valence-corrected chi connectivity index (χ3v) is 4.71. The van der Waals surface area contributed by atoms with E-state index in [-0.39, 0.29) is 19.1 Å². The van der Waals surface area contributed by atoms with Crippen LogP contribution in [0.5, 0.6) is 0 Å². The number of nitrogens with zero attached hydrogens (tertiary/aromatic N) is 3. The van der Waals surface area contributed by atoms with Crippen LogP contribution in [0.3, 0.4) is 0 Å². The van der Waals surface area contributed by atoms with Crippen molar-refractivity contribution in [1.82, 2.24) is 14.7 Å². The van der Waals surface area contributed by atoms with Crippen LogP contribution in [0.15, 0.2) is 36.7 Å². The lowest BCUT2D eigenvalue weighted by Gasteiger charge is -2.24. The number of carboxylic acids is 1. The summed E-state index contributed by atoms with van der Waals surface area (Å²) in [6.07, 6.45) is 3.94. The molecule has 1 amide bonds. The van der Waals surface area contributed by atoms with Crippen LogP contribution in [-0.4, -0.2) is 58.5 Å². The van der Waals surface area contributed by atoms with E-state index in [0.29, 0.717) is 18.5 Å². The maximum Gasteiger partial charge on any atom is 0.313 e. The average molecular weight is 343 g/mol. The van der Waals surface area contributed by atoms with Crippen LogP contribution in [0.2, 0.25) is 0 Å². The highest BCUT2D eigenvalue weighted by Crippen LogP contribution is 2.32. The maximum atomic E-state index is 12.8. The van der Waals surface area contributed by atoms with Gasteiger partial charge in [-0.2, -0.15) is 5.10 Å². The molecule has 0 aliphatic carbocycles. The second-order valence-corrected chi connectivity index (χ2v) is 6.45. The summed E-state index contributed by atoms with van der Waals surface area (Å²) in [5.41, 5.74) is 1.36. The second-order valence-electron chi connectivity index (χ2n) is 6.45. The standard InChI is InChI=1S/C18H21N3O4/c1-13-10-14(4-5-15(13)21-8-3-7-19-21)16(22)20-9-6-18(11-20,12-25-2)17(23)24/h3-5,7-8,10H,6,9,11-12H2,1-2H3,(H,23,24). The summed E-state index contributed by atoms with van der Waals surface area (Å²) < 4.78 is 6.82. The Labute approximate surface area is 145 Å². The van der Waals surface area contributed by atoms with Crippen LogP contribution in [0.4, 0.5) is 0 Å². The molecule has 132 valence electrons. The molecule has 1 saturated heterocycles. The Morgan fingerprint density at radius 1 is 1.40 bits per heavy atom. The Morgan fingerprint density at radius 2 is 2.20 bits per heavy atom. The number of carboxylic acid groups (broad SMARTS) is 1. The zero-order chi connectivity index (χ0) is 18.0. The van der Waals surface area contributed by atoms with Gasteiger partial charge in [-0.1, -0.05) is 0 Å². The van der Waals surface area contributed by atoms with Gasteiger partial charge in [-0.25, -0.2) is 4.68 Å². The van der Waals surface area contributed by atoms with E-state index in [1.807, 2.05) is 31.3 Å². The molecule has 25 heavy (non-hydrogen) atoms. The van der Waals surface area contributed by atoms with E-state index in [1.165, 1.54) is 7.11 Å². The van der Waals surface area contributed by atoms with Gasteiger partial charge in [-0.15, -0.1) is 0 Å². The van der Waals surface area contributed by atoms with Crippen LogP contribution >= 0.6 is 0 Å². The largest absolute Gasteiger partial charge is 0.481 e. The molecule has 0 radical (unpaired) electrons. The predicted molar refractivity (Wildman–Crippen MR) is 90.8 cm³/mol. The number of methoxy groups -OCH3 is 1. The first-order chi connectivity index (χ1) is 12.0. The summed E-state index contributed by atoms with van der Waals surface area (Å²) in [5, 5.41) is 13.7. The second kappa shape index (κ2) is 6.68. The number of carbonyl (C=O) groups excluding carboxylic acids is 1. The topological polar surface area (TPSA) is 84.7 Å². The molecule has 1 aliphatic heterocycles. The lowest BCUT2D eigenvalue weighted by molar-refractivity contribution is -0.151. The molecule has 2 heterocycles. The maximum absolute atomic E-state index is 12.8. The number of rotatable bonds is 5. The van der Waals surface area contributed by atoms with E-state index in [4.69, 9.17) is 4.74 Å². The Hall–Kier alpha value is -2.67. The van der Waals surface area contributed by atoms with E-state index in [0.717, 1.165) is 11.3 Å².